The fourth-order valence-corrected chi connectivity index (χ4v) is 0.269. The zero-order valence-corrected chi connectivity index (χ0v) is 7.26. The summed E-state index contributed by atoms with van der Waals surface area (Å²) in [7, 11) is 1.56. The third-order valence-electron chi connectivity index (χ3n) is 0.946. The van der Waals surface area contributed by atoms with E-state index in [0.29, 0.717) is 13.2 Å². The largest absolute Gasteiger partial charge is 0.463 e. The molecular formula is C8H16O3. The first kappa shape index (κ1) is 10.4. The van der Waals surface area contributed by atoms with E-state index in [1.54, 1.807) is 7.11 Å². The van der Waals surface area contributed by atoms with Crippen LogP contribution in [0.15, 0.2) is 0 Å². The third-order valence-corrected chi connectivity index (χ3v) is 0.946. The van der Waals surface area contributed by atoms with Crippen LogP contribution in [0.5, 0.6) is 0 Å². The van der Waals surface area contributed by atoms with Crippen molar-refractivity contribution in [3.05, 3.63) is 0 Å². The number of hydrogen-bond donors (Lipinski definition) is 0. The van der Waals surface area contributed by atoms with Gasteiger partial charge in [0.15, 0.2) is 0 Å². The molecular weight excluding hydrogens is 144 g/mol. The predicted octanol–water partition coefficient (Wildman–Crippen LogP) is 1.37. The molecule has 66 valence electrons. The summed E-state index contributed by atoms with van der Waals surface area (Å²) in [6.07, 6.45) is 4.50. The predicted molar refractivity (Wildman–Crippen MR) is 42.4 cm³/mol. The minimum atomic E-state index is -0.262. The molecule has 0 atom stereocenters. The Hall–Kier alpha value is -0.570. The molecule has 1 aliphatic rings. The van der Waals surface area contributed by atoms with Gasteiger partial charge in [-0.1, -0.05) is 19.3 Å². The maximum Gasteiger partial charge on any atom is 0.302 e. The van der Waals surface area contributed by atoms with Crippen LogP contribution in [0, 0.1) is 0 Å². The van der Waals surface area contributed by atoms with Crippen molar-refractivity contribution in [3.8, 4) is 0 Å². The molecule has 0 unspecified atom stereocenters. The van der Waals surface area contributed by atoms with Gasteiger partial charge in [-0.2, -0.15) is 0 Å². The molecule has 0 aromatic carbocycles. The van der Waals surface area contributed by atoms with E-state index in [1.807, 2.05) is 0 Å². The number of hydrogen-bond acceptors (Lipinski definition) is 3. The topological polar surface area (TPSA) is 35.5 Å². The van der Waals surface area contributed by atoms with Crippen molar-refractivity contribution in [1.29, 1.82) is 0 Å². The van der Waals surface area contributed by atoms with Crippen molar-refractivity contribution in [3.63, 3.8) is 0 Å². The van der Waals surface area contributed by atoms with Gasteiger partial charge in [0.05, 0.1) is 6.61 Å². The second kappa shape index (κ2) is 7.54. The van der Waals surface area contributed by atoms with E-state index in [-0.39, 0.29) is 5.97 Å². The first-order valence-corrected chi connectivity index (χ1v) is 3.89. The van der Waals surface area contributed by atoms with Crippen LogP contribution >= 0.6 is 0 Å². The van der Waals surface area contributed by atoms with Gasteiger partial charge in [-0.25, -0.2) is 0 Å². The monoisotopic (exact) mass is 160 g/mol. The average molecular weight is 160 g/mol. The number of carbonyl (C=O) groups excluding carboxylic acids is 1. The first-order chi connectivity index (χ1) is 5.27. The second-order valence-corrected chi connectivity index (χ2v) is 2.39. The van der Waals surface area contributed by atoms with Crippen LogP contribution in [0.3, 0.4) is 0 Å². The highest BCUT2D eigenvalue weighted by molar-refractivity contribution is 5.65. The van der Waals surface area contributed by atoms with Gasteiger partial charge in [0.2, 0.25) is 0 Å². The van der Waals surface area contributed by atoms with E-state index in [2.05, 4.69) is 9.47 Å². The molecule has 0 aliphatic heterocycles. The van der Waals surface area contributed by atoms with Gasteiger partial charge in [0.25, 0.3) is 0 Å². The summed E-state index contributed by atoms with van der Waals surface area (Å²) in [5.74, 6) is -0.262. The van der Waals surface area contributed by atoms with Crippen molar-refractivity contribution in [1.82, 2.24) is 0 Å². The Morgan fingerprint density at radius 2 is 1.82 bits per heavy atom. The molecule has 0 aromatic heterocycles. The van der Waals surface area contributed by atoms with Gasteiger partial charge in [-0.15, -0.1) is 0 Å². The Labute approximate surface area is 67.7 Å². The maximum absolute atomic E-state index is 10.0. The van der Waals surface area contributed by atoms with Crippen molar-refractivity contribution in [2.45, 2.75) is 26.2 Å². The highest BCUT2D eigenvalue weighted by Gasteiger charge is 1.95. The molecule has 1 saturated carbocycles. The highest BCUT2D eigenvalue weighted by Crippen LogP contribution is 2.14. The molecule has 1 rings (SSSR count). The van der Waals surface area contributed by atoms with E-state index < -0.39 is 0 Å². The average Bonchev–Trinajstić information content (AvgIpc) is 2.71. The van der Waals surface area contributed by atoms with Crippen LogP contribution in [0.25, 0.3) is 0 Å². The molecule has 0 amide bonds. The molecule has 1 fully saturated rings. The molecule has 0 bridgehead atoms. The lowest BCUT2D eigenvalue weighted by molar-refractivity contribution is -0.142. The molecule has 11 heavy (non-hydrogen) atoms. The molecule has 3 heteroatoms. The lowest BCUT2D eigenvalue weighted by Crippen LogP contribution is -2.05. The Bertz CT molecular complexity index is 96.8. The zero-order chi connectivity index (χ0) is 8.53. The van der Waals surface area contributed by atoms with Crippen molar-refractivity contribution in [2.24, 2.45) is 0 Å². The molecule has 0 N–H and O–H groups in total. The van der Waals surface area contributed by atoms with Crippen LogP contribution in [-0.2, 0) is 14.3 Å². The highest BCUT2D eigenvalue weighted by atomic mass is 16.6. The van der Waals surface area contributed by atoms with Crippen molar-refractivity contribution in [2.75, 3.05) is 20.3 Å². The molecule has 0 aromatic rings. The SMILES string of the molecule is C1CC1.COCCOC(C)=O. The minimum Gasteiger partial charge on any atom is -0.463 e. The van der Waals surface area contributed by atoms with Crippen LogP contribution in [0.4, 0.5) is 0 Å². The first-order valence-electron chi connectivity index (χ1n) is 3.89. The number of rotatable bonds is 3. The van der Waals surface area contributed by atoms with Crippen molar-refractivity contribution < 1.29 is 14.3 Å². The van der Waals surface area contributed by atoms with E-state index >= 15 is 0 Å². The smallest absolute Gasteiger partial charge is 0.302 e. The van der Waals surface area contributed by atoms with Gasteiger partial charge in [0.1, 0.15) is 6.61 Å². The van der Waals surface area contributed by atoms with Gasteiger partial charge < -0.3 is 9.47 Å². The fraction of sp³-hybridized carbons (Fsp3) is 0.875. The number of ether oxygens (including phenoxy) is 2. The van der Waals surface area contributed by atoms with Crippen LogP contribution in [0.1, 0.15) is 26.2 Å². The standard InChI is InChI=1S/C5H10O3.C3H6/c1-5(6)8-4-3-7-2;1-2-3-1/h3-4H2,1-2H3;1-3H2. The molecule has 0 spiro atoms. The molecule has 1 aliphatic carbocycles. The Morgan fingerprint density at radius 3 is 2.09 bits per heavy atom. The second-order valence-electron chi connectivity index (χ2n) is 2.39. The summed E-state index contributed by atoms with van der Waals surface area (Å²) in [6, 6.07) is 0. The van der Waals surface area contributed by atoms with E-state index in [1.165, 1.54) is 26.2 Å². The quantitative estimate of drug-likeness (QED) is 0.462. The summed E-state index contributed by atoms with van der Waals surface area (Å²) in [5, 5.41) is 0. The number of esters is 1. The van der Waals surface area contributed by atoms with Crippen LogP contribution < -0.4 is 0 Å². The summed E-state index contributed by atoms with van der Waals surface area (Å²) >= 11 is 0. The van der Waals surface area contributed by atoms with Gasteiger partial charge in [-0.05, 0) is 0 Å². The lowest BCUT2D eigenvalue weighted by Gasteiger charge is -1.97. The number of carbonyl (C=O) groups is 1. The van der Waals surface area contributed by atoms with Crippen LogP contribution in [0.2, 0.25) is 0 Å². The van der Waals surface area contributed by atoms with Gasteiger partial charge in [0, 0.05) is 14.0 Å². The fourth-order valence-electron chi connectivity index (χ4n) is 0.269. The summed E-state index contributed by atoms with van der Waals surface area (Å²) in [5.41, 5.74) is 0. The van der Waals surface area contributed by atoms with Crippen molar-refractivity contribution >= 4 is 5.97 Å². The van der Waals surface area contributed by atoms with Crippen LogP contribution in [-0.4, -0.2) is 26.3 Å². The van der Waals surface area contributed by atoms with Gasteiger partial charge in [-0.3, -0.25) is 4.79 Å². The summed E-state index contributed by atoms with van der Waals surface area (Å²) < 4.78 is 9.13. The molecule has 0 radical (unpaired) electrons. The normalized spacial score (nSPS) is 12.9. The molecule has 0 heterocycles. The number of methoxy groups -OCH3 is 1. The Kier molecular flexibility index (Phi) is 7.15. The Morgan fingerprint density at radius 1 is 1.27 bits per heavy atom. The molecule has 3 nitrogen and oxygen atoms in total. The molecule has 0 saturated heterocycles. The van der Waals surface area contributed by atoms with E-state index in [0.717, 1.165) is 0 Å². The van der Waals surface area contributed by atoms with E-state index in [4.69, 9.17) is 0 Å². The lowest BCUT2D eigenvalue weighted by atomic mass is 10.7. The summed E-state index contributed by atoms with van der Waals surface area (Å²) in [6.45, 7) is 2.20. The van der Waals surface area contributed by atoms with E-state index in [9.17, 15) is 4.79 Å². The zero-order valence-electron chi connectivity index (χ0n) is 7.26. The Balaban J connectivity index is 0.000000271. The maximum atomic E-state index is 10.0. The summed E-state index contributed by atoms with van der Waals surface area (Å²) in [4.78, 5) is 10.0. The third kappa shape index (κ3) is 17.7. The van der Waals surface area contributed by atoms with Gasteiger partial charge >= 0.3 is 5.97 Å². The minimum absolute atomic E-state index is 0.262.